The third kappa shape index (κ3) is 5.97. The second-order valence-electron chi connectivity index (χ2n) is 6.39. The Morgan fingerprint density at radius 2 is 1.82 bits per heavy atom. The van der Waals surface area contributed by atoms with Crippen molar-refractivity contribution in [1.82, 2.24) is 16.0 Å². The van der Waals surface area contributed by atoms with Crippen LogP contribution in [-0.2, 0) is 6.54 Å². The van der Waals surface area contributed by atoms with E-state index in [1.54, 1.807) is 33.2 Å². The van der Waals surface area contributed by atoms with Crippen LogP contribution in [0.2, 0.25) is 0 Å². The van der Waals surface area contributed by atoms with Gasteiger partial charge in [-0.15, -0.1) is 0 Å². The fourth-order valence-corrected chi connectivity index (χ4v) is 2.59. The van der Waals surface area contributed by atoms with Gasteiger partial charge in [-0.3, -0.25) is 9.79 Å². The van der Waals surface area contributed by atoms with E-state index >= 15 is 0 Å². The minimum absolute atomic E-state index is 0.303. The highest BCUT2D eigenvalue weighted by molar-refractivity contribution is 5.94. The van der Waals surface area contributed by atoms with Gasteiger partial charge in [0, 0.05) is 37.8 Å². The average Bonchev–Trinajstić information content (AvgIpc) is 2.69. The number of halogens is 1. The van der Waals surface area contributed by atoms with Crippen LogP contribution in [0, 0.1) is 19.7 Å². The smallest absolute Gasteiger partial charge is 0.251 e. The molecule has 0 aromatic heterocycles. The van der Waals surface area contributed by atoms with Gasteiger partial charge in [-0.05, 0) is 43.2 Å². The fourth-order valence-electron chi connectivity index (χ4n) is 2.59. The van der Waals surface area contributed by atoms with E-state index < -0.39 is 0 Å². The van der Waals surface area contributed by atoms with Gasteiger partial charge >= 0.3 is 0 Å². The lowest BCUT2D eigenvalue weighted by Gasteiger charge is -2.14. The molecule has 2 aromatic rings. The summed E-state index contributed by atoms with van der Waals surface area (Å²) >= 11 is 0. The highest BCUT2D eigenvalue weighted by Crippen LogP contribution is 2.19. The van der Waals surface area contributed by atoms with Crippen LogP contribution in [-0.4, -0.2) is 39.1 Å². The summed E-state index contributed by atoms with van der Waals surface area (Å²) in [6, 6.07) is 10.5. The number of carbonyl (C=O) groups excluding carboxylic acids is 1. The van der Waals surface area contributed by atoms with Crippen LogP contribution in [0.4, 0.5) is 4.39 Å². The first kappa shape index (κ1) is 21.2. The maximum absolute atomic E-state index is 13.6. The standard InChI is InChI=1S/C21H27FN4O2/c1-14-5-7-17(19(11-14)28-4)13-26-21(23-3)25-10-9-24-20(27)16-8-6-15(2)18(22)12-16/h5-8,11-12H,9-10,13H2,1-4H3,(H,24,27)(H2,23,25,26). The molecule has 0 aliphatic rings. The Bertz CT molecular complexity index is 852. The van der Waals surface area contributed by atoms with E-state index in [1.165, 1.54) is 6.07 Å². The zero-order chi connectivity index (χ0) is 20.5. The molecule has 7 heteroatoms. The van der Waals surface area contributed by atoms with Crippen molar-refractivity contribution in [3.05, 3.63) is 64.5 Å². The number of nitrogens with zero attached hydrogens (tertiary/aromatic N) is 1. The van der Waals surface area contributed by atoms with Crippen molar-refractivity contribution in [2.24, 2.45) is 4.99 Å². The molecule has 0 bridgehead atoms. The number of hydrogen-bond donors (Lipinski definition) is 3. The first-order chi connectivity index (χ1) is 13.4. The summed E-state index contributed by atoms with van der Waals surface area (Å²) in [6.07, 6.45) is 0. The molecule has 150 valence electrons. The number of hydrogen-bond acceptors (Lipinski definition) is 3. The second-order valence-corrected chi connectivity index (χ2v) is 6.39. The van der Waals surface area contributed by atoms with Gasteiger partial charge in [0.1, 0.15) is 11.6 Å². The maximum Gasteiger partial charge on any atom is 0.251 e. The molecule has 0 atom stereocenters. The van der Waals surface area contributed by atoms with Crippen LogP contribution in [0.25, 0.3) is 0 Å². The van der Waals surface area contributed by atoms with Gasteiger partial charge < -0.3 is 20.7 Å². The molecule has 0 heterocycles. The topological polar surface area (TPSA) is 74.8 Å². The quantitative estimate of drug-likeness (QED) is 0.388. The Kier molecular flexibility index (Phi) is 7.80. The number of aryl methyl sites for hydroxylation is 2. The molecule has 1 amide bonds. The van der Waals surface area contributed by atoms with Crippen molar-refractivity contribution in [3.63, 3.8) is 0 Å². The molecule has 0 aliphatic heterocycles. The van der Waals surface area contributed by atoms with Crippen LogP contribution in [0.1, 0.15) is 27.0 Å². The summed E-state index contributed by atoms with van der Waals surface area (Å²) in [5, 5.41) is 9.09. The zero-order valence-electron chi connectivity index (χ0n) is 16.7. The van der Waals surface area contributed by atoms with Gasteiger partial charge in [0.2, 0.25) is 0 Å². The Labute approximate surface area is 165 Å². The lowest BCUT2D eigenvalue weighted by atomic mass is 10.1. The Morgan fingerprint density at radius 3 is 2.50 bits per heavy atom. The normalized spacial score (nSPS) is 11.1. The monoisotopic (exact) mass is 386 g/mol. The average molecular weight is 386 g/mol. The van der Waals surface area contributed by atoms with Crippen LogP contribution >= 0.6 is 0 Å². The van der Waals surface area contributed by atoms with Crippen molar-refractivity contribution in [2.45, 2.75) is 20.4 Å². The molecule has 0 spiro atoms. The van der Waals surface area contributed by atoms with E-state index in [0.717, 1.165) is 16.9 Å². The lowest BCUT2D eigenvalue weighted by Crippen LogP contribution is -2.41. The van der Waals surface area contributed by atoms with Crippen molar-refractivity contribution in [2.75, 3.05) is 27.2 Å². The molecule has 0 aliphatic carbocycles. The van der Waals surface area contributed by atoms with E-state index in [4.69, 9.17) is 4.74 Å². The van der Waals surface area contributed by atoms with Crippen molar-refractivity contribution >= 4 is 11.9 Å². The van der Waals surface area contributed by atoms with Crippen LogP contribution in [0.3, 0.4) is 0 Å². The van der Waals surface area contributed by atoms with Crippen LogP contribution in [0.15, 0.2) is 41.4 Å². The first-order valence-corrected chi connectivity index (χ1v) is 9.07. The molecule has 0 saturated heterocycles. The Morgan fingerprint density at radius 1 is 1.07 bits per heavy atom. The molecule has 28 heavy (non-hydrogen) atoms. The molecule has 0 fully saturated rings. The Balaban J connectivity index is 1.78. The van der Waals surface area contributed by atoms with Gasteiger partial charge in [0.15, 0.2) is 5.96 Å². The molecule has 0 saturated carbocycles. The number of amides is 1. The summed E-state index contributed by atoms with van der Waals surface area (Å²) in [4.78, 5) is 16.2. The molecule has 2 rings (SSSR count). The molecule has 6 nitrogen and oxygen atoms in total. The van der Waals surface area contributed by atoms with Gasteiger partial charge in [-0.1, -0.05) is 18.2 Å². The molecule has 2 aromatic carbocycles. The SMILES string of the molecule is CN=C(NCCNC(=O)c1ccc(C)c(F)c1)NCc1ccc(C)cc1OC. The van der Waals surface area contributed by atoms with Crippen molar-refractivity contribution < 1.29 is 13.9 Å². The highest BCUT2D eigenvalue weighted by atomic mass is 19.1. The number of rotatable bonds is 7. The predicted molar refractivity (Wildman–Crippen MR) is 109 cm³/mol. The third-order valence-electron chi connectivity index (χ3n) is 4.25. The highest BCUT2D eigenvalue weighted by Gasteiger charge is 2.08. The predicted octanol–water partition coefficient (Wildman–Crippen LogP) is 2.55. The summed E-state index contributed by atoms with van der Waals surface area (Å²) in [5.74, 6) is 0.730. The van der Waals surface area contributed by atoms with Crippen molar-refractivity contribution in [3.8, 4) is 5.75 Å². The maximum atomic E-state index is 13.6. The molecule has 0 radical (unpaired) electrons. The van der Waals surface area contributed by atoms with Crippen LogP contribution in [0.5, 0.6) is 5.75 Å². The van der Waals surface area contributed by atoms with Crippen molar-refractivity contribution in [1.29, 1.82) is 0 Å². The van der Waals surface area contributed by atoms with E-state index in [2.05, 4.69) is 20.9 Å². The summed E-state index contributed by atoms with van der Waals surface area (Å²) < 4.78 is 19.0. The number of nitrogens with one attached hydrogen (secondary N) is 3. The number of benzene rings is 2. The number of ether oxygens (including phenoxy) is 1. The van der Waals surface area contributed by atoms with E-state index in [-0.39, 0.29) is 11.7 Å². The largest absolute Gasteiger partial charge is 0.496 e. The fraction of sp³-hybridized carbons (Fsp3) is 0.333. The Hall–Kier alpha value is -3.09. The van der Waals surface area contributed by atoms with E-state index in [0.29, 0.717) is 36.7 Å². The summed E-state index contributed by atoms with van der Waals surface area (Å²) in [7, 11) is 3.32. The lowest BCUT2D eigenvalue weighted by molar-refractivity contribution is 0.0954. The van der Waals surface area contributed by atoms with Gasteiger partial charge in [0.05, 0.1) is 7.11 Å². The molecular weight excluding hydrogens is 359 g/mol. The zero-order valence-corrected chi connectivity index (χ0v) is 16.7. The minimum atomic E-state index is -0.387. The summed E-state index contributed by atoms with van der Waals surface area (Å²) in [5.41, 5.74) is 2.97. The molecule has 0 unspecified atom stereocenters. The summed E-state index contributed by atoms with van der Waals surface area (Å²) in [6.45, 7) is 5.08. The minimum Gasteiger partial charge on any atom is -0.496 e. The van der Waals surface area contributed by atoms with E-state index in [9.17, 15) is 9.18 Å². The third-order valence-corrected chi connectivity index (χ3v) is 4.25. The molecule has 3 N–H and O–H groups in total. The first-order valence-electron chi connectivity index (χ1n) is 9.07. The van der Waals surface area contributed by atoms with Gasteiger partial charge in [-0.2, -0.15) is 0 Å². The number of aliphatic imine (C=N–C) groups is 1. The van der Waals surface area contributed by atoms with Crippen LogP contribution < -0.4 is 20.7 Å². The number of carbonyl (C=O) groups is 1. The van der Waals surface area contributed by atoms with E-state index in [1.807, 2.05) is 25.1 Å². The van der Waals surface area contributed by atoms with Gasteiger partial charge in [-0.25, -0.2) is 4.39 Å². The second kappa shape index (κ2) is 10.3. The molecular formula is C21H27FN4O2. The number of guanidine groups is 1. The number of methoxy groups -OCH3 is 1. The van der Waals surface area contributed by atoms with Gasteiger partial charge in [0.25, 0.3) is 5.91 Å².